The first kappa shape index (κ1) is 18.3. The lowest BCUT2D eigenvalue weighted by Gasteiger charge is -2.69. The van der Waals surface area contributed by atoms with Crippen molar-refractivity contribution in [2.75, 3.05) is 0 Å². The Morgan fingerprint density at radius 3 is 2.41 bits per heavy atom. The maximum atomic E-state index is 11.6. The Balaban J connectivity index is 1.61. The maximum absolute atomic E-state index is 11.6. The molecule has 1 unspecified atom stereocenters. The fraction of sp³-hybridized carbons (Fsp3) is 0.840. The SMILES string of the molecule is CC1(C)CCC[C@@]2(C)C1CC[C@@]1(C)[C@@H]3CCc4cocc4[C@@]3(C)[C@H](O)C[C@@H]12. The van der Waals surface area contributed by atoms with E-state index >= 15 is 0 Å². The standard InChI is InChI=1S/C25H38O2/c1-22(2)10-6-11-23(3)18(22)9-12-24(4)19-8-7-16-14-27-15-17(16)25(19,5)21(26)13-20(23)24/h14-15,18-21,26H,6-13H2,1-5H3/t18?,19-,20+,21+,23-,24-,25+/m0/s1. The molecule has 1 aromatic rings. The van der Waals surface area contributed by atoms with Crippen molar-refractivity contribution in [1.29, 1.82) is 0 Å². The van der Waals surface area contributed by atoms with Gasteiger partial charge in [0.05, 0.1) is 18.6 Å². The van der Waals surface area contributed by atoms with Crippen molar-refractivity contribution < 1.29 is 9.52 Å². The molecule has 27 heavy (non-hydrogen) atoms. The van der Waals surface area contributed by atoms with Gasteiger partial charge in [-0.05, 0) is 84.5 Å². The molecule has 5 rings (SSSR count). The van der Waals surface area contributed by atoms with Crippen LogP contribution in [-0.2, 0) is 11.8 Å². The molecule has 0 spiro atoms. The van der Waals surface area contributed by atoms with Crippen LogP contribution in [0.5, 0.6) is 0 Å². The molecule has 7 atom stereocenters. The lowest BCUT2D eigenvalue weighted by Crippen LogP contribution is -2.66. The minimum atomic E-state index is -0.252. The van der Waals surface area contributed by atoms with Gasteiger partial charge < -0.3 is 9.52 Å². The molecule has 0 aliphatic heterocycles. The second kappa shape index (κ2) is 5.43. The number of fused-ring (bicyclic) bond motifs is 7. The van der Waals surface area contributed by atoms with E-state index in [9.17, 15) is 5.11 Å². The molecule has 150 valence electrons. The van der Waals surface area contributed by atoms with Gasteiger partial charge in [-0.15, -0.1) is 0 Å². The van der Waals surface area contributed by atoms with Gasteiger partial charge in [-0.25, -0.2) is 0 Å². The molecular formula is C25H38O2. The largest absolute Gasteiger partial charge is 0.472 e. The lowest BCUT2D eigenvalue weighted by atomic mass is 9.35. The van der Waals surface area contributed by atoms with Gasteiger partial charge >= 0.3 is 0 Å². The van der Waals surface area contributed by atoms with E-state index in [2.05, 4.69) is 34.6 Å². The molecule has 4 aliphatic carbocycles. The molecule has 0 aromatic carbocycles. The van der Waals surface area contributed by atoms with E-state index in [4.69, 9.17) is 4.42 Å². The Morgan fingerprint density at radius 1 is 0.889 bits per heavy atom. The molecule has 1 heterocycles. The van der Waals surface area contributed by atoms with Gasteiger partial charge in [-0.3, -0.25) is 0 Å². The van der Waals surface area contributed by atoms with Crippen molar-refractivity contribution in [3.05, 3.63) is 23.7 Å². The predicted molar refractivity (Wildman–Crippen MR) is 109 cm³/mol. The number of aryl methyl sites for hydroxylation is 1. The Morgan fingerprint density at radius 2 is 1.63 bits per heavy atom. The zero-order valence-corrected chi connectivity index (χ0v) is 18.0. The summed E-state index contributed by atoms with van der Waals surface area (Å²) >= 11 is 0. The van der Waals surface area contributed by atoms with Crippen molar-refractivity contribution in [2.45, 2.75) is 97.5 Å². The van der Waals surface area contributed by atoms with Crippen molar-refractivity contribution in [3.8, 4) is 0 Å². The van der Waals surface area contributed by atoms with E-state index in [-0.39, 0.29) is 11.5 Å². The Bertz CT molecular complexity index is 747. The number of furan rings is 1. The van der Waals surface area contributed by atoms with E-state index in [1.165, 1.54) is 49.7 Å². The second-order valence-corrected chi connectivity index (χ2v) is 11.9. The average molecular weight is 371 g/mol. The summed E-state index contributed by atoms with van der Waals surface area (Å²) in [6.45, 7) is 12.6. The van der Waals surface area contributed by atoms with Gasteiger partial charge in [-0.2, -0.15) is 0 Å². The third kappa shape index (κ3) is 2.12. The van der Waals surface area contributed by atoms with Crippen molar-refractivity contribution in [1.82, 2.24) is 0 Å². The molecule has 0 amide bonds. The summed E-state index contributed by atoms with van der Waals surface area (Å²) in [7, 11) is 0. The quantitative estimate of drug-likeness (QED) is 0.597. The summed E-state index contributed by atoms with van der Waals surface area (Å²) in [5.41, 5.74) is 3.68. The Labute approximate surface area is 165 Å². The van der Waals surface area contributed by atoms with Crippen LogP contribution in [-0.4, -0.2) is 11.2 Å². The first-order valence-electron chi connectivity index (χ1n) is 11.4. The van der Waals surface area contributed by atoms with Crippen molar-refractivity contribution in [3.63, 3.8) is 0 Å². The monoisotopic (exact) mass is 370 g/mol. The van der Waals surface area contributed by atoms with Crippen LogP contribution < -0.4 is 0 Å². The van der Waals surface area contributed by atoms with Gasteiger partial charge in [0.25, 0.3) is 0 Å². The maximum Gasteiger partial charge on any atom is 0.0944 e. The normalized spacial score (nSPS) is 50.9. The highest BCUT2D eigenvalue weighted by Crippen LogP contribution is 2.72. The molecular weight excluding hydrogens is 332 g/mol. The number of hydrogen-bond acceptors (Lipinski definition) is 2. The molecule has 0 saturated heterocycles. The van der Waals surface area contributed by atoms with Crippen LogP contribution in [0.4, 0.5) is 0 Å². The van der Waals surface area contributed by atoms with Crippen molar-refractivity contribution >= 4 is 0 Å². The van der Waals surface area contributed by atoms with E-state index < -0.39 is 0 Å². The molecule has 3 saturated carbocycles. The summed E-state index contributed by atoms with van der Waals surface area (Å²) in [6, 6.07) is 0. The summed E-state index contributed by atoms with van der Waals surface area (Å²) in [5, 5.41) is 11.6. The highest BCUT2D eigenvalue weighted by atomic mass is 16.3. The molecule has 1 N–H and O–H groups in total. The number of aliphatic hydroxyl groups excluding tert-OH is 1. The minimum absolute atomic E-state index is 0.140. The molecule has 4 aliphatic rings. The fourth-order valence-electron chi connectivity index (χ4n) is 9.31. The third-order valence-corrected chi connectivity index (χ3v) is 10.5. The number of rotatable bonds is 0. The summed E-state index contributed by atoms with van der Waals surface area (Å²) in [6.07, 6.45) is 13.7. The molecule has 0 radical (unpaired) electrons. The second-order valence-electron chi connectivity index (χ2n) is 11.9. The predicted octanol–water partition coefficient (Wildman–Crippen LogP) is 6.11. The van der Waals surface area contributed by atoms with Crippen LogP contribution >= 0.6 is 0 Å². The van der Waals surface area contributed by atoms with Crippen LogP contribution in [0.1, 0.15) is 90.7 Å². The Kier molecular flexibility index (Phi) is 3.68. The molecule has 2 heteroatoms. The van der Waals surface area contributed by atoms with Gasteiger partial charge in [0.1, 0.15) is 0 Å². The van der Waals surface area contributed by atoms with Crippen LogP contribution in [0.25, 0.3) is 0 Å². The molecule has 3 fully saturated rings. The Hall–Kier alpha value is -0.760. The summed E-state index contributed by atoms with van der Waals surface area (Å²) in [5.74, 6) is 2.01. The zero-order chi connectivity index (χ0) is 19.2. The highest BCUT2D eigenvalue weighted by molar-refractivity contribution is 5.38. The molecule has 1 aromatic heterocycles. The number of hydrogen-bond donors (Lipinski definition) is 1. The molecule has 0 bridgehead atoms. The topological polar surface area (TPSA) is 33.4 Å². The first-order chi connectivity index (χ1) is 12.6. The fourth-order valence-corrected chi connectivity index (χ4v) is 9.31. The zero-order valence-electron chi connectivity index (χ0n) is 18.0. The van der Waals surface area contributed by atoms with Crippen LogP contribution in [0.2, 0.25) is 0 Å². The van der Waals surface area contributed by atoms with Gasteiger partial charge in [0.2, 0.25) is 0 Å². The van der Waals surface area contributed by atoms with E-state index in [1.54, 1.807) is 0 Å². The summed E-state index contributed by atoms with van der Waals surface area (Å²) < 4.78 is 5.62. The first-order valence-corrected chi connectivity index (χ1v) is 11.4. The number of aliphatic hydroxyl groups is 1. The minimum Gasteiger partial charge on any atom is -0.472 e. The van der Waals surface area contributed by atoms with Crippen LogP contribution in [0.15, 0.2) is 16.9 Å². The third-order valence-electron chi connectivity index (χ3n) is 10.5. The smallest absolute Gasteiger partial charge is 0.0944 e. The lowest BCUT2D eigenvalue weighted by molar-refractivity contribution is -0.207. The van der Waals surface area contributed by atoms with Crippen molar-refractivity contribution in [2.24, 2.45) is 34.0 Å². The molecule has 2 nitrogen and oxygen atoms in total. The average Bonchev–Trinajstić information content (AvgIpc) is 3.06. The van der Waals surface area contributed by atoms with E-state index in [1.807, 2.05) is 12.5 Å². The van der Waals surface area contributed by atoms with Gasteiger partial charge in [0.15, 0.2) is 0 Å². The van der Waals surface area contributed by atoms with Gasteiger partial charge in [0, 0.05) is 11.0 Å². The van der Waals surface area contributed by atoms with Crippen LogP contribution in [0.3, 0.4) is 0 Å². The van der Waals surface area contributed by atoms with Gasteiger partial charge in [-0.1, -0.05) is 41.0 Å². The van der Waals surface area contributed by atoms with Crippen LogP contribution in [0, 0.1) is 34.0 Å². The van der Waals surface area contributed by atoms with E-state index in [0.717, 1.165) is 18.8 Å². The highest BCUT2D eigenvalue weighted by Gasteiger charge is 2.67. The van der Waals surface area contributed by atoms with E-state index in [0.29, 0.717) is 28.1 Å². The summed E-state index contributed by atoms with van der Waals surface area (Å²) in [4.78, 5) is 0.